The van der Waals surface area contributed by atoms with Crippen molar-refractivity contribution in [2.45, 2.75) is 20.8 Å². The predicted octanol–water partition coefficient (Wildman–Crippen LogP) is 2.59. The first kappa shape index (κ1) is 15.2. The van der Waals surface area contributed by atoms with Crippen molar-refractivity contribution in [1.82, 2.24) is 0 Å². The van der Waals surface area contributed by atoms with Gasteiger partial charge in [-0.3, -0.25) is 0 Å². The van der Waals surface area contributed by atoms with E-state index >= 15 is 0 Å². The average molecular weight is 238 g/mol. The zero-order valence-corrected chi connectivity index (χ0v) is 10.9. The summed E-state index contributed by atoms with van der Waals surface area (Å²) >= 11 is 0. The molecule has 0 amide bonds. The van der Waals surface area contributed by atoms with Crippen LogP contribution in [0.25, 0.3) is 0 Å². The number of benzene rings is 1. The molecule has 0 aliphatic heterocycles. The van der Waals surface area contributed by atoms with Crippen LogP contribution in [-0.4, -0.2) is 26.2 Å². The van der Waals surface area contributed by atoms with Crippen LogP contribution >= 0.6 is 0 Å². The molecule has 0 bridgehead atoms. The van der Waals surface area contributed by atoms with Crippen LogP contribution in [0.1, 0.15) is 40.1 Å². The predicted molar refractivity (Wildman–Crippen MR) is 65.2 cm³/mol. The lowest BCUT2D eigenvalue weighted by molar-refractivity contribution is 0.0586. The molecule has 0 aliphatic rings. The van der Waals surface area contributed by atoms with E-state index in [9.17, 15) is 9.59 Å². The van der Waals surface area contributed by atoms with Gasteiger partial charge in [-0.25, -0.2) is 9.59 Å². The van der Waals surface area contributed by atoms with E-state index in [2.05, 4.69) is 9.47 Å². The Morgan fingerprint density at radius 1 is 1.00 bits per heavy atom. The van der Waals surface area contributed by atoms with E-state index in [0.717, 1.165) is 0 Å². The Kier molecular flexibility index (Phi) is 6.63. The Morgan fingerprint density at radius 3 is 1.94 bits per heavy atom. The first-order chi connectivity index (χ1) is 8.10. The maximum absolute atomic E-state index is 11.2. The highest BCUT2D eigenvalue weighted by Gasteiger charge is 2.12. The lowest BCUT2D eigenvalue weighted by atomic mass is 10.1. The van der Waals surface area contributed by atoms with Gasteiger partial charge in [-0.2, -0.15) is 0 Å². The van der Waals surface area contributed by atoms with Crippen molar-refractivity contribution in [2.24, 2.45) is 0 Å². The number of carbonyl (C=O) groups is 2. The van der Waals surface area contributed by atoms with E-state index in [1.807, 2.05) is 13.8 Å². The molecule has 0 atom stereocenters. The second-order valence-electron chi connectivity index (χ2n) is 3.01. The Morgan fingerprint density at radius 2 is 1.53 bits per heavy atom. The maximum atomic E-state index is 11.2. The van der Waals surface area contributed by atoms with Gasteiger partial charge in [0.2, 0.25) is 0 Å². The first-order valence-electron chi connectivity index (χ1n) is 5.37. The van der Waals surface area contributed by atoms with Gasteiger partial charge in [0.15, 0.2) is 0 Å². The van der Waals surface area contributed by atoms with Crippen LogP contribution in [0, 0.1) is 6.92 Å². The van der Waals surface area contributed by atoms with Crippen LogP contribution in [0.15, 0.2) is 18.2 Å². The van der Waals surface area contributed by atoms with Crippen LogP contribution in [0.3, 0.4) is 0 Å². The number of hydrogen-bond acceptors (Lipinski definition) is 4. The Balaban J connectivity index is 0.00000121. The summed E-state index contributed by atoms with van der Waals surface area (Å²) < 4.78 is 9.15. The van der Waals surface area contributed by atoms with E-state index in [1.54, 1.807) is 19.1 Å². The third-order valence-electron chi connectivity index (χ3n) is 2.05. The molecule has 0 aromatic heterocycles. The molecule has 94 valence electrons. The molecular formula is C13H18O4. The van der Waals surface area contributed by atoms with Gasteiger partial charge in [-0.1, -0.05) is 13.8 Å². The number of methoxy groups -OCH3 is 2. The van der Waals surface area contributed by atoms with Crippen molar-refractivity contribution < 1.29 is 19.1 Å². The number of ether oxygens (including phenoxy) is 2. The molecule has 0 saturated carbocycles. The topological polar surface area (TPSA) is 52.6 Å². The molecule has 1 aromatic carbocycles. The highest BCUT2D eigenvalue weighted by atomic mass is 16.5. The summed E-state index contributed by atoms with van der Waals surface area (Å²) in [6, 6.07) is 4.68. The van der Waals surface area contributed by atoms with Crippen LogP contribution in [-0.2, 0) is 9.47 Å². The maximum Gasteiger partial charge on any atom is 0.338 e. The standard InChI is InChI=1S/C11H12O4.C2H6/c1-7-6-8(10(12)14-2)4-5-9(7)11(13)15-3;1-2/h4-6H,1-3H3;1-2H3. The van der Waals surface area contributed by atoms with Gasteiger partial charge in [-0.05, 0) is 30.7 Å². The molecule has 1 aromatic rings. The fraction of sp³-hybridized carbons (Fsp3) is 0.385. The lowest BCUT2D eigenvalue weighted by Gasteiger charge is -2.05. The second-order valence-corrected chi connectivity index (χ2v) is 3.01. The summed E-state index contributed by atoms with van der Waals surface area (Å²) in [7, 11) is 2.63. The van der Waals surface area contributed by atoms with Crippen molar-refractivity contribution in [3.63, 3.8) is 0 Å². The molecule has 4 heteroatoms. The largest absolute Gasteiger partial charge is 0.465 e. The monoisotopic (exact) mass is 238 g/mol. The van der Waals surface area contributed by atoms with E-state index in [0.29, 0.717) is 16.7 Å². The first-order valence-corrected chi connectivity index (χ1v) is 5.37. The van der Waals surface area contributed by atoms with Crippen LogP contribution < -0.4 is 0 Å². The van der Waals surface area contributed by atoms with Gasteiger partial charge in [-0.15, -0.1) is 0 Å². The minimum absolute atomic E-state index is 0.413. The van der Waals surface area contributed by atoms with Crippen molar-refractivity contribution in [2.75, 3.05) is 14.2 Å². The summed E-state index contributed by atoms with van der Waals surface area (Å²) in [5.41, 5.74) is 1.55. The Hall–Kier alpha value is -1.84. The molecule has 0 radical (unpaired) electrons. The van der Waals surface area contributed by atoms with E-state index in [4.69, 9.17) is 0 Å². The lowest BCUT2D eigenvalue weighted by Crippen LogP contribution is -2.07. The Labute approximate surface area is 102 Å². The van der Waals surface area contributed by atoms with Crippen LogP contribution in [0.4, 0.5) is 0 Å². The summed E-state index contributed by atoms with van der Waals surface area (Å²) in [6.45, 7) is 5.73. The van der Waals surface area contributed by atoms with Crippen LogP contribution in [0.2, 0.25) is 0 Å². The minimum Gasteiger partial charge on any atom is -0.465 e. The fourth-order valence-electron chi connectivity index (χ4n) is 1.25. The second kappa shape index (κ2) is 7.44. The number of esters is 2. The normalized spacial score (nSPS) is 8.76. The smallest absolute Gasteiger partial charge is 0.338 e. The molecule has 17 heavy (non-hydrogen) atoms. The molecule has 0 unspecified atom stereocenters. The molecule has 0 fully saturated rings. The number of carbonyl (C=O) groups excluding carboxylic acids is 2. The number of hydrogen-bond donors (Lipinski definition) is 0. The average Bonchev–Trinajstić information content (AvgIpc) is 2.39. The summed E-state index contributed by atoms with van der Waals surface area (Å²) in [5, 5.41) is 0. The van der Waals surface area contributed by atoms with Crippen molar-refractivity contribution in [3.8, 4) is 0 Å². The van der Waals surface area contributed by atoms with Crippen LogP contribution in [0.5, 0.6) is 0 Å². The minimum atomic E-state index is -0.422. The molecule has 4 nitrogen and oxygen atoms in total. The fourth-order valence-corrected chi connectivity index (χ4v) is 1.25. The van der Waals surface area contributed by atoms with E-state index in [1.165, 1.54) is 20.3 Å². The van der Waals surface area contributed by atoms with Gasteiger partial charge in [0.25, 0.3) is 0 Å². The third kappa shape index (κ3) is 3.90. The van der Waals surface area contributed by atoms with Gasteiger partial charge in [0.1, 0.15) is 0 Å². The van der Waals surface area contributed by atoms with Crippen molar-refractivity contribution in [3.05, 3.63) is 34.9 Å². The van der Waals surface area contributed by atoms with Gasteiger partial charge in [0.05, 0.1) is 25.3 Å². The summed E-state index contributed by atoms with van der Waals surface area (Å²) in [5.74, 6) is -0.835. The zero-order chi connectivity index (χ0) is 13.4. The van der Waals surface area contributed by atoms with E-state index < -0.39 is 11.9 Å². The molecule has 0 aliphatic carbocycles. The number of rotatable bonds is 2. The van der Waals surface area contributed by atoms with Gasteiger partial charge >= 0.3 is 11.9 Å². The summed E-state index contributed by atoms with van der Waals surface area (Å²) in [6.07, 6.45) is 0. The van der Waals surface area contributed by atoms with E-state index in [-0.39, 0.29) is 0 Å². The molecule has 0 saturated heterocycles. The highest BCUT2D eigenvalue weighted by molar-refractivity contribution is 5.94. The zero-order valence-electron chi connectivity index (χ0n) is 10.9. The molecule has 0 N–H and O–H groups in total. The van der Waals surface area contributed by atoms with Crippen molar-refractivity contribution >= 4 is 11.9 Å². The third-order valence-corrected chi connectivity index (χ3v) is 2.05. The van der Waals surface area contributed by atoms with Gasteiger partial charge in [0, 0.05) is 0 Å². The summed E-state index contributed by atoms with van der Waals surface area (Å²) in [4.78, 5) is 22.4. The number of aryl methyl sites for hydroxylation is 1. The molecule has 0 heterocycles. The molecular weight excluding hydrogens is 220 g/mol. The van der Waals surface area contributed by atoms with Crippen molar-refractivity contribution in [1.29, 1.82) is 0 Å². The SMILES string of the molecule is CC.COC(=O)c1ccc(C(=O)OC)c(C)c1. The highest BCUT2D eigenvalue weighted by Crippen LogP contribution is 2.12. The quantitative estimate of drug-likeness (QED) is 0.743. The van der Waals surface area contributed by atoms with Gasteiger partial charge < -0.3 is 9.47 Å². The molecule has 1 rings (SSSR count). The molecule has 0 spiro atoms. The Bertz CT molecular complexity index is 396.